The Bertz CT molecular complexity index is 250. The molecule has 1 saturated heterocycles. The highest BCUT2D eigenvalue weighted by atomic mass is 15.0. The Labute approximate surface area is 119 Å². The van der Waals surface area contributed by atoms with Crippen LogP contribution in [-0.4, -0.2) is 25.7 Å². The summed E-state index contributed by atoms with van der Waals surface area (Å²) >= 11 is 0. The minimum Gasteiger partial charge on any atom is -0.317 e. The molecular formula is C17H30N2. The fourth-order valence-electron chi connectivity index (χ4n) is 2.09. The maximum absolute atomic E-state index is 3.60. The molecule has 1 aliphatic carbocycles. The molecular weight excluding hydrogens is 232 g/mol. The van der Waals surface area contributed by atoms with E-state index in [1.807, 2.05) is 50.2 Å². The summed E-state index contributed by atoms with van der Waals surface area (Å²) in [4.78, 5) is 0. The molecule has 1 aliphatic heterocycles. The topological polar surface area (TPSA) is 24.1 Å². The molecule has 2 aliphatic rings. The number of nitrogens with one attached hydrogen (secondary N) is 2. The van der Waals surface area contributed by atoms with E-state index < -0.39 is 0 Å². The van der Waals surface area contributed by atoms with Crippen LogP contribution in [0.4, 0.5) is 0 Å². The van der Waals surface area contributed by atoms with E-state index in [0.29, 0.717) is 0 Å². The van der Waals surface area contributed by atoms with E-state index in [1.54, 1.807) is 0 Å². The number of hydrogen-bond donors (Lipinski definition) is 2. The van der Waals surface area contributed by atoms with Crippen molar-refractivity contribution in [2.24, 2.45) is 5.92 Å². The average molecular weight is 262 g/mol. The standard InChI is InChI=1S/C9H18N2.C6H6.C2H6/c1-2-9(1)11-7-8-3-5-10-6-4-8;1-2-4-6-5-3-1;1-2/h8-11H,1-7H2;1-6H;1-2H3. The Morgan fingerprint density at radius 2 is 1.32 bits per heavy atom. The minimum atomic E-state index is 0.893. The molecule has 2 fully saturated rings. The van der Waals surface area contributed by atoms with E-state index in [-0.39, 0.29) is 0 Å². The van der Waals surface area contributed by atoms with Gasteiger partial charge >= 0.3 is 0 Å². The molecule has 2 N–H and O–H groups in total. The molecule has 1 aromatic rings. The Morgan fingerprint density at radius 1 is 0.842 bits per heavy atom. The first-order valence-corrected chi connectivity index (χ1v) is 7.89. The van der Waals surface area contributed by atoms with Gasteiger partial charge in [0.15, 0.2) is 0 Å². The van der Waals surface area contributed by atoms with Crippen LogP contribution in [0.15, 0.2) is 36.4 Å². The third-order valence-electron chi connectivity index (χ3n) is 3.40. The van der Waals surface area contributed by atoms with Crippen LogP contribution < -0.4 is 10.6 Å². The molecule has 2 heteroatoms. The number of hydrogen-bond acceptors (Lipinski definition) is 2. The summed E-state index contributed by atoms with van der Waals surface area (Å²) in [7, 11) is 0. The zero-order chi connectivity index (χ0) is 13.8. The van der Waals surface area contributed by atoms with Gasteiger partial charge in [0.05, 0.1) is 0 Å². The second kappa shape index (κ2) is 11.0. The van der Waals surface area contributed by atoms with Crippen LogP contribution in [0.2, 0.25) is 0 Å². The van der Waals surface area contributed by atoms with Crippen LogP contribution in [0.25, 0.3) is 0 Å². The molecule has 0 spiro atoms. The Morgan fingerprint density at radius 3 is 1.74 bits per heavy atom. The van der Waals surface area contributed by atoms with Crippen molar-refractivity contribution in [3.63, 3.8) is 0 Å². The summed E-state index contributed by atoms with van der Waals surface area (Å²) in [6.07, 6.45) is 5.59. The van der Waals surface area contributed by atoms with Gasteiger partial charge in [0.1, 0.15) is 0 Å². The molecule has 1 aromatic carbocycles. The van der Waals surface area contributed by atoms with Gasteiger partial charge in [-0.3, -0.25) is 0 Å². The summed E-state index contributed by atoms with van der Waals surface area (Å²) in [5.41, 5.74) is 0. The smallest absolute Gasteiger partial charge is 0.00683 e. The molecule has 3 rings (SSSR count). The van der Waals surface area contributed by atoms with Crippen LogP contribution in [-0.2, 0) is 0 Å². The molecule has 1 saturated carbocycles. The third kappa shape index (κ3) is 8.79. The molecule has 0 amide bonds. The fourth-order valence-corrected chi connectivity index (χ4v) is 2.09. The van der Waals surface area contributed by atoms with Gasteiger partial charge in [0, 0.05) is 6.04 Å². The van der Waals surface area contributed by atoms with E-state index in [4.69, 9.17) is 0 Å². The van der Waals surface area contributed by atoms with Gasteiger partial charge in [-0.25, -0.2) is 0 Å². The average Bonchev–Trinajstić information content (AvgIpc) is 3.35. The lowest BCUT2D eigenvalue weighted by Crippen LogP contribution is -2.34. The summed E-state index contributed by atoms with van der Waals surface area (Å²) in [5.74, 6) is 0.955. The minimum absolute atomic E-state index is 0.893. The number of piperidine rings is 1. The SMILES string of the molecule is C1CC(CNC2CC2)CCN1.CC.c1ccccc1. The normalized spacial score (nSPS) is 18.6. The summed E-state index contributed by atoms with van der Waals surface area (Å²) in [5, 5.41) is 6.99. The Hall–Kier alpha value is -0.860. The van der Waals surface area contributed by atoms with Crippen LogP contribution in [0.3, 0.4) is 0 Å². The van der Waals surface area contributed by atoms with Crippen LogP contribution in [0.5, 0.6) is 0 Å². The van der Waals surface area contributed by atoms with E-state index >= 15 is 0 Å². The van der Waals surface area contributed by atoms with Crippen molar-refractivity contribution in [2.75, 3.05) is 19.6 Å². The van der Waals surface area contributed by atoms with Gasteiger partial charge in [-0.2, -0.15) is 0 Å². The summed E-state index contributed by atoms with van der Waals surface area (Å²) in [6, 6.07) is 12.9. The first kappa shape index (κ1) is 16.2. The lowest BCUT2D eigenvalue weighted by atomic mass is 9.98. The fraction of sp³-hybridized carbons (Fsp3) is 0.647. The first-order valence-electron chi connectivity index (χ1n) is 7.89. The van der Waals surface area contributed by atoms with Crippen molar-refractivity contribution >= 4 is 0 Å². The summed E-state index contributed by atoms with van der Waals surface area (Å²) < 4.78 is 0. The van der Waals surface area contributed by atoms with Crippen molar-refractivity contribution in [1.29, 1.82) is 0 Å². The molecule has 0 bridgehead atoms. The predicted octanol–water partition coefficient (Wildman–Crippen LogP) is 3.45. The molecule has 0 aromatic heterocycles. The van der Waals surface area contributed by atoms with E-state index in [0.717, 1.165) is 12.0 Å². The van der Waals surface area contributed by atoms with Crippen molar-refractivity contribution in [2.45, 2.75) is 45.6 Å². The van der Waals surface area contributed by atoms with Gasteiger partial charge in [-0.1, -0.05) is 50.2 Å². The van der Waals surface area contributed by atoms with Crippen LogP contribution in [0.1, 0.15) is 39.5 Å². The van der Waals surface area contributed by atoms with Crippen molar-refractivity contribution in [3.8, 4) is 0 Å². The maximum Gasteiger partial charge on any atom is 0.00683 e. The van der Waals surface area contributed by atoms with Crippen molar-refractivity contribution in [1.82, 2.24) is 10.6 Å². The van der Waals surface area contributed by atoms with Crippen LogP contribution >= 0.6 is 0 Å². The highest BCUT2D eigenvalue weighted by Crippen LogP contribution is 2.20. The molecule has 0 radical (unpaired) electrons. The molecule has 19 heavy (non-hydrogen) atoms. The molecule has 0 atom stereocenters. The molecule has 0 unspecified atom stereocenters. The highest BCUT2D eigenvalue weighted by Gasteiger charge is 2.22. The number of benzene rings is 1. The van der Waals surface area contributed by atoms with E-state index in [1.165, 1.54) is 45.3 Å². The zero-order valence-electron chi connectivity index (χ0n) is 12.6. The largest absolute Gasteiger partial charge is 0.317 e. The predicted molar refractivity (Wildman–Crippen MR) is 84.4 cm³/mol. The van der Waals surface area contributed by atoms with E-state index in [9.17, 15) is 0 Å². The lowest BCUT2D eigenvalue weighted by molar-refractivity contribution is 0.356. The van der Waals surface area contributed by atoms with Gasteiger partial charge in [-0.15, -0.1) is 0 Å². The Kier molecular flexibility index (Phi) is 9.38. The van der Waals surface area contributed by atoms with Gasteiger partial charge < -0.3 is 10.6 Å². The van der Waals surface area contributed by atoms with Gasteiger partial charge in [-0.05, 0) is 51.2 Å². The summed E-state index contributed by atoms with van der Waals surface area (Å²) in [6.45, 7) is 7.74. The highest BCUT2D eigenvalue weighted by molar-refractivity contribution is 4.99. The van der Waals surface area contributed by atoms with Gasteiger partial charge in [0.25, 0.3) is 0 Å². The molecule has 108 valence electrons. The van der Waals surface area contributed by atoms with E-state index in [2.05, 4.69) is 10.6 Å². The van der Waals surface area contributed by atoms with Crippen molar-refractivity contribution in [3.05, 3.63) is 36.4 Å². The second-order valence-electron chi connectivity index (χ2n) is 5.03. The quantitative estimate of drug-likeness (QED) is 0.872. The maximum atomic E-state index is 3.60. The monoisotopic (exact) mass is 262 g/mol. The molecule has 1 heterocycles. The number of rotatable bonds is 3. The second-order valence-corrected chi connectivity index (χ2v) is 5.03. The zero-order valence-corrected chi connectivity index (χ0v) is 12.6. The van der Waals surface area contributed by atoms with Crippen LogP contribution in [0, 0.1) is 5.92 Å². The third-order valence-corrected chi connectivity index (χ3v) is 3.40. The first-order chi connectivity index (χ1) is 9.45. The Balaban J connectivity index is 0.000000192. The lowest BCUT2D eigenvalue weighted by Gasteiger charge is -2.22. The van der Waals surface area contributed by atoms with Gasteiger partial charge in [0.2, 0.25) is 0 Å². The molecule has 2 nitrogen and oxygen atoms in total. The van der Waals surface area contributed by atoms with Crippen molar-refractivity contribution < 1.29 is 0 Å².